The van der Waals surface area contributed by atoms with Crippen LogP contribution in [-0.4, -0.2) is 12.6 Å². The third kappa shape index (κ3) is 2.70. The highest BCUT2D eigenvalue weighted by molar-refractivity contribution is 5.69. The molecule has 4 aliphatic carbocycles. The summed E-state index contributed by atoms with van der Waals surface area (Å²) in [6.07, 6.45) is 15.5. The molecule has 0 radical (unpaired) electrons. The summed E-state index contributed by atoms with van der Waals surface area (Å²) in [5.74, 6) is 3.15. The molecule has 25 heavy (non-hydrogen) atoms. The number of allylic oxidation sites excluding steroid dienone is 2. The van der Waals surface area contributed by atoms with Crippen LogP contribution >= 0.6 is 0 Å². The zero-order chi connectivity index (χ0) is 17.7. The molecule has 0 aliphatic heterocycles. The van der Waals surface area contributed by atoms with Gasteiger partial charge in [-0.2, -0.15) is 0 Å². The van der Waals surface area contributed by atoms with Crippen LogP contribution < -0.4 is 0 Å². The lowest BCUT2D eigenvalue weighted by atomic mass is 9.47. The second kappa shape index (κ2) is 6.43. The topological polar surface area (TPSA) is 26.3 Å². The maximum Gasteiger partial charge on any atom is 0.306 e. The van der Waals surface area contributed by atoms with Gasteiger partial charge in [0.2, 0.25) is 0 Å². The van der Waals surface area contributed by atoms with E-state index in [2.05, 4.69) is 19.9 Å². The Hall–Kier alpha value is -0.790. The summed E-state index contributed by atoms with van der Waals surface area (Å²) in [4.78, 5) is 12.1. The van der Waals surface area contributed by atoms with Crippen LogP contribution in [0.1, 0.15) is 85.0 Å². The molecule has 0 saturated heterocycles. The van der Waals surface area contributed by atoms with Gasteiger partial charge in [0.1, 0.15) is 0 Å². The van der Waals surface area contributed by atoms with Gasteiger partial charge in [-0.1, -0.05) is 31.9 Å². The predicted octanol–water partition coefficient (Wildman–Crippen LogP) is 5.91. The quantitative estimate of drug-likeness (QED) is 0.470. The van der Waals surface area contributed by atoms with E-state index >= 15 is 0 Å². The maximum atomic E-state index is 12.1. The smallest absolute Gasteiger partial charge is 0.306 e. The van der Waals surface area contributed by atoms with E-state index in [4.69, 9.17) is 4.74 Å². The van der Waals surface area contributed by atoms with Crippen LogP contribution in [0.5, 0.6) is 0 Å². The number of carbonyl (C=O) groups excluding carboxylic acids is 1. The first-order valence-corrected chi connectivity index (χ1v) is 10.8. The Morgan fingerprint density at radius 3 is 2.80 bits per heavy atom. The molecule has 2 heteroatoms. The van der Waals surface area contributed by atoms with Crippen LogP contribution in [0, 0.1) is 34.5 Å². The van der Waals surface area contributed by atoms with Gasteiger partial charge in [-0.3, -0.25) is 4.79 Å². The van der Waals surface area contributed by atoms with E-state index in [-0.39, 0.29) is 5.97 Å². The van der Waals surface area contributed by atoms with Crippen molar-refractivity contribution >= 4 is 5.97 Å². The predicted molar refractivity (Wildman–Crippen MR) is 101 cm³/mol. The number of carbonyl (C=O) groups is 1. The molecule has 4 aliphatic rings. The minimum absolute atomic E-state index is 0.0292. The highest BCUT2D eigenvalue weighted by Crippen LogP contribution is 2.66. The molecule has 0 bridgehead atoms. The van der Waals surface area contributed by atoms with Crippen LogP contribution in [0.3, 0.4) is 0 Å². The van der Waals surface area contributed by atoms with E-state index in [1.165, 1.54) is 57.8 Å². The summed E-state index contributed by atoms with van der Waals surface area (Å²) in [5, 5.41) is 0. The van der Waals surface area contributed by atoms with Crippen LogP contribution in [0.4, 0.5) is 0 Å². The number of hydrogen-bond acceptors (Lipinski definition) is 2. The van der Waals surface area contributed by atoms with Crippen LogP contribution in [0.2, 0.25) is 0 Å². The summed E-state index contributed by atoms with van der Waals surface area (Å²) >= 11 is 0. The van der Waals surface area contributed by atoms with Crippen molar-refractivity contribution in [2.45, 2.75) is 85.0 Å². The minimum atomic E-state index is 0.0292. The Labute approximate surface area is 153 Å². The monoisotopic (exact) mass is 344 g/mol. The molecule has 0 amide bonds. The summed E-state index contributed by atoms with van der Waals surface area (Å²) < 4.78 is 5.27. The van der Waals surface area contributed by atoms with Crippen molar-refractivity contribution in [2.24, 2.45) is 34.5 Å². The maximum absolute atomic E-state index is 12.1. The SMILES string of the molecule is CCOC(=O)C[C@H]1CC[C@H]2[C@@H]3CC=C4CCCC[C@]4(C)[C@H]3CC[C@]12C. The van der Waals surface area contributed by atoms with E-state index in [0.29, 0.717) is 29.8 Å². The van der Waals surface area contributed by atoms with Gasteiger partial charge >= 0.3 is 5.97 Å². The molecule has 4 rings (SSSR count). The van der Waals surface area contributed by atoms with Crippen molar-refractivity contribution in [2.75, 3.05) is 6.61 Å². The molecule has 0 spiro atoms. The van der Waals surface area contributed by atoms with Crippen molar-refractivity contribution < 1.29 is 9.53 Å². The molecule has 3 fully saturated rings. The van der Waals surface area contributed by atoms with Crippen molar-refractivity contribution in [3.05, 3.63) is 11.6 Å². The van der Waals surface area contributed by atoms with Crippen LogP contribution in [0.25, 0.3) is 0 Å². The molecule has 0 aromatic heterocycles. The summed E-state index contributed by atoms with van der Waals surface area (Å²) in [7, 11) is 0. The second-order valence-electron chi connectivity index (χ2n) is 9.79. The van der Waals surface area contributed by atoms with Gasteiger partial charge in [-0.25, -0.2) is 0 Å². The van der Waals surface area contributed by atoms with Crippen molar-refractivity contribution in [1.29, 1.82) is 0 Å². The average Bonchev–Trinajstić information content (AvgIpc) is 2.91. The first kappa shape index (κ1) is 17.6. The zero-order valence-electron chi connectivity index (χ0n) is 16.5. The molecule has 140 valence electrons. The third-order valence-corrected chi connectivity index (χ3v) is 8.93. The van der Waals surface area contributed by atoms with Gasteiger partial charge in [0.25, 0.3) is 0 Å². The van der Waals surface area contributed by atoms with Gasteiger partial charge in [-0.05, 0) is 92.8 Å². The van der Waals surface area contributed by atoms with Crippen molar-refractivity contribution in [3.8, 4) is 0 Å². The number of hydrogen-bond donors (Lipinski definition) is 0. The molecule has 2 nitrogen and oxygen atoms in total. The Morgan fingerprint density at radius 1 is 1.16 bits per heavy atom. The van der Waals surface area contributed by atoms with Crippen molar-refractivity contribution in [3.63, 3.8) is 0 Å². The first-order chi connectivity index (χ1) is 12.0. The summed E-state index contributed by atoms with van der Waals surface area (Å²) in [6, 6.07) is 0. The Bertz CT molecular complexity index is 564. The lowest BCUT2D eigenvalue weighted by molar-refractivity contribution is -0.146. The van der Waals surface area contributed by atoms with Crippen molar-refractivity contribution in [1.82, 2.24) is 0 Å². The van der Waals surface area contributed by atoms with Crippen LogP contribution in [-0.2, 0) is 9.53 Å². The Morgan fingerprint density at radius 2 is 2.00 bits per heavy atom. The number of esters is 1. The molecular formula is C23H36O2. The highest BCUT2D eigenvalue weighted by Gasteiger charge is 2.58. The molecule has 0 aromatic carbocycles. The first-order valence-electron chi connectivity index (χ1n) is 10.8. The molecule has 0 N–H and O–H groups in total. The lowest BCUT2D eigenvalue weighted by Crippen LogP contribution is -2.49. The third-order valence-electron chi connectivity index (χ3n) is 8.93. The normalized spacial score (nSPS) is 45.8. The largest absolute Gasteiger partial charge is 0.466 e. The summed E-state index contributed by atoms with van der Waals surface area (Å²) in [6.45, 7) is 7.52. The fourth-order valence-electron chi connectivity index (χ4n) is 7.56. The standard InChI is InChI=1S/C23H36O2/c1-4-25-21(24)15-17-9-11-19-18-10-8-16-7-5-6-13-22(16,2)20(18)12-14-23(17,19)3/h8,17-20H,4-7,9-15H2,1-3H3/t17-,18+,19+,20+,22+,23-/m1/s1. The van der Waals surface area contributed by atoms with Gasteiger partial charge < -0.3 is 4.74 Å². The van der Waals surface area contributed by atoms with Gasteiger partial charge in [-0.15, -0.1) is 0 Å². The molecule has 0 unspecified atom stereocenters. The van der Waals surface area contributed by atoms with E-state index in [0.717, 1.165) is 17.8 Å². The van der Waals surface area contributed by atoms with E-state index in [1.807, 2.05) is 6.92 Å². The van der Waals surface area contributed by atoms with Crippen LogP contribution in [0.15, 0.2) is 11.6 Å². The molecule has 0 aromatic rings. The van der Waals surface area contributed by atoms with Gasteiger partial charge in [0.05, 0.1) is 6.61 Å². The van der Waals surface area contributed by atoms with E-state index < -0.39 is 0 Å². The lowest BCUT2D eigenvalue weighted by Gasteiger charge is -2.57. The minimum Gasteiger partial charge on any atom is -0.466 e. The second-order valence-corrected chi connectivity index (χ2v) is 9.79. The summed E-state index contributed by atoms with van der Waals surface area (Å²) in [5.41, 5.74) is 2.65. The number of fused-ring (bicyclic) bond motifs is 5. The van der Waals surface area contributed by atoms with E-state index in [1.54, 1.807) is 5.57 Å². The molecule has 0 heterocycles. The Kier molecular flexibility index (Phi) is 4.53. The molecule has 3 saturated carbocycles. The fraction of sp³-hybridized carbons (Fsp3) is 0.870. The van der Waals surface area contributed by atoms with Gasteiger partial charge in [0.15, 0.2) is 0 Å². The molecule has 6 atom stereocenters. The fourth-order valence-corrected chi connectivity index (χ4v) is 7.56. The Balaban J connectivity index is 1.55. The zero-order valence-corrected chi connectivity index (χ0v) is 16.5. The van der Waals surface area contributed by atoms with Gasteiger partial charge in [0, 0.05) is 6.42 Å². The number of ether oxygens (including phenoxy) is 1. The number of rotatable bonds is 3. The highest BCUT2D eigenvalue weighted by atomic mass is 16.5. The molecular weight excluding hydrogens is 308 g/mol. The van der Waals surface area contributed by atoms with E-state index in [9.17, 15) is 4.79 Å². The average molecular weight is 345 g/mol.